The first-order valence-corrected chi connectivity index (χ1v) is 9.33. The van der Waals surface area contributed by atoms with Crippen LogP contribution >= 0.6 is 11.3 Å². The topological polar surface area (TPSA) is 90.3 Å². The van der Waals surface area contributed by atoms with Crippen molar-refractivity contribution in [2.45, 2.75) is 26.8 Å². The normalized spacial score (nSPS) is 10.7. The van der Waals surface area contributed by atoms with Gasteiger partial charge < -0.3 is 10.1 Å². The van der Waals surface area contributed by atoms with Gasteiger partial charge in [0.1, 0.15) is 4.88 Å². The quantitative estimate of drug-likeness (QED) is 0.659. The van der Waals surface area contributed by atoms with E-state index in [4.69, 9.17) is 4.74 Å². The second-order valence-electron chi connectivity index (χ2n) is 5.89. The standard InChI is InChI=1S/C19H19N3O4S/c1-3-26-19(25)18-12(2)10-17(27-18)21-16(24)8-9-22-14-7-5-4-6-13(14)15(23)11-20-22/h4-7,10-11H,3,8-9H2,1-2H3,(H,21,24). The van der Waals surface area contributed by atoms with E-state index in [1.54, 1.807) is 42.8 Å². The summed E-state index contributed by atoms with van der Waals surface area (Å²) in [5.74, 6) is -0.583. The van der Waals surface area contributed by atoms with Gasteiger partial charge in [0.25, 0.3) is 0 Å². The number of hydrogen-bond donors (Lipinski definition) is 1. The molecule has 7 nitrogen and oxygen atoms in total. The molecule has 0 spiro atoms. The number of rotatable bonds is 6. The van der Waals surface area contributed by atoms with E-state index in [2.05, 4.69) is 10.4 Å². The molecule has 2 heterocycles. The molecule has 0 atom stereocenters. The molecule has 1 aromatic carbocycles. The van der Waals surface area contributed by atoms with E-state index in [1.165, 1.54) is 17.5 Å². The van der Waals surface area contributed by atoms with Crippen LogP contribution in [-0.4, -0.2) is 28.3 Å². The van der Waals surface area contributed by atoms with Gasteiger partial charge in [-0.15, -0.1) is 11.3 Å². The lowest BCUT2D eigenvalue weighted by Gasteiger charge is -2.08. The number of hydrogen-bond acceptors (Lipinski definition) is 6. The Labute approximate surface area is 159 Å². The largest absolute Gasteiger partial charge is 0.462 e. The Hall–Kier alpha value is -3.00. The van der Waals surface area contributed by atoms with Gasteiger partial charge in [-0.05, 0) is 37.6 Å². The van der Waals surface area contributed by atoms with Crippen molar-refractivity contribution in [2.24, 2.45) is 0 Å². The molecule has 140 valence electrons. The predicted molar refractivity (Wildman–Crippen MR) is 104 cm³/mol. The van der Waals surface area contributed by atoms with Gasteiger partial charge in [0.2, 0.25) is 11.3 Å². The van der Waals surface area contributed by atoms with Crippen LogP contribution < -0.4 is 10.7 Å². The van der Waals surface area contributed by atoms with Crippen LogP contribution in [0.5, 0.6) is 0 Å². The van der Waals surface area contributed by atoms with E-state index < -0.39 is 0 Å². The van der Waals surface area contributed by atoms with E-state index in [0.717, 1.165) is 5.56 Å². The van der Waals surface area contributed by atoms with Gasteiger partial charge in [0, 0.05) is 11.8 Å². The highest BCUT2D eigenvalue weighted by Crippen LogP contribution is 2.27. The SMILES string of the molecule is CCOC(=O)c1sc(NC(=O)CCn2ncc(=O)c3ccccc32)cc1C. The van der Waals surface area contributed by atoms with Crippen molar-refractivity contribution in [3.05, 3.63) is 57.2 Å². The molecule has 0 aliphatic carbocycles. The Morgan fingerprint density at radius 3 is 2.85 bits per heavy atom. The highest BCUT2D eigenvalue weighted by Gasteiger charge is 2.16. The summed E-state index contributed by atoms with van der Waals surface area (Å²) >= 11 is 1.19. The Morgan fingerprint density at radius 1 is 1.30 bits per heavy atom. The maximum absolute atomic E-state index is 12.3. The first-order chi connectivity index (χ1) is 13.0. The zero-order valence-electron chi connectivity index (χ0n) is 15.0. The summed E-state index contributed by atoms with van der Waals surface area (Å²) in [5, 5.41) is 8.08. The van der Waals surface area contributed by atoms with Crippen molar-refractivity contribution in [3.63, 3.8) is 0 Å². The minimum atomic E-state index is -0.385. The number of amides is 1. The van der Waals surface area contributed by atoms with Crippen LogP contribution in [0.4, 0.5) is 5.00 Å². The number of nitrogens with one attached hydrogen (secondary N) is 1. The molecule has 0 fully saturated rings. The zero-order chi connectivity index (χ0) is 19.4. The van der Waals surface area contributed by atoms with Crippen molar-refractivity contribution < 1.29 is 14.3 Å². The summed E-state index contributed by atoms with van der Waals surface area (Å²) in [6.45, 7) is 4.19. The van der Waals surface area contributed by atoms with Crippen molar-refractivity contribution in [2.75, 3.05) is 11.9 Å². The molecule has 8 heteroatoms. The summed E-state index contributed by atoms with van der Waals surface area (Å²) in [5.41, 5.74) is 1.31. The lowest BCUT2D eigenvalue weighted by atomic mass is 10.2. The van der Waals surface area contributed by atoms with Gasteiger partial charge in [0.05, 0.1) is 29.9 Å². The van der Waals surface area contributed by atoms with E-state index in [9.17, 15) is 14.4 Å². The van der Waals surface area contributed by atoms with Crippen LogP contribution in [0.1, 0.15) is 28.6 Å². The number of thiophene rings is 1. The third-order valence-electron chi connectivity index (χ3n) is 3.95. The summed E-state index contributed by atoms with van der Waals surface area (Å²) < 4.78 is 6.64. The molecule has 0 aliphatic rings. The zero-order valence-corrected chi connectivity index (χ0v) is 15.8. The highest BCUT2D eigenvalue weighted by molar-refractivity contribution is 7.18. The fraction of sp³-hybridized carbons (Fsp3) is 0.263. The van der Waals surface area contributed by atoms with Crippen molar-refractivity contribution in [1.82, 2.24) is 9.78 Å². The molecule has 3 rings (SSSR count). The Balaban J connectivity index is 1.68. The molecule has 27 heavy (non-hydrogen) atoms. The molecule has 3 aromatic rings. The fourth-order valence-electron chi connectivity index (χ4n) is 2.69. The van der Waals surface area contributed by atoms with Gasteiger partial charge in [0.15, 0.2) is 0 Å². The average Bonchev–Trinajstić information content (AvgIpc) is 3.02. The lowest BCUT2D eigenvalue weighted by Crippen LogP contribution is -2.17. The summed E-state index contributed by atoms with van der Waals surface area (Å²) in [4.78, 5) is 36.5. The maximum atomic E-state index is 12.3. The molecular formula is C19H19N3O4S. The number of aryl methyl sites for hydroxylation is 2. The molecule has 1 N–H and O–H groups in total. The number of carbonyl (C=O) groups excluding carboxylic acids is 2. The van der Waals surface area contributed by atoms with E-state index in [1.807, 2.05) is 6.07 Å². The van der Waals surface area contributed by atoms with Gasteiger partial charge in [-0.3, -0.25) is 14.3 Å². The monoisotopic (exact) mass is 385 g/mol. The molecular weight excluding hydrogens is 366 g/mol. The number of fused-ring (bicyclic) bond motifs is 1. The average molecular weight is 385 g/mol. The van der Waals surface area contributed by atoms with Crippen LogP contribution in [0.25, 0.3) is 10.9 Å². The van der Waals surface area contributed by atoms with Crippen molar-refractivity contribution in [3.8, 4) is 0 Å². The maximum Gasteiger partial charge on any atom is 0.348 e. The Bertz CT molecular complexity index is 1050. The number of aromatic nitrogens is 2. The fourth-order valence-corrected chi connectivity index (χ4v) is 3.67. The Kier molecular flexibility index (Phi) is 5.66. The smallest absolute Gasteiger partial charge is 0.348 e. The number of para-hydroxylation sites is 1. The van der Waals surface area contributed by atoms with Gasteiger partial charge in [-0.25, -0.2) is 4.79 Å². The van der Waals surface area contributed by atoms with Gasteiger partial charge in [-0.1, -0.05) is 12.1 Å². The number of esters is 1. The van der Waals surface area contributed by atoms with Crippen LogP contribution in [0, 0.1) is 6.92 Å². The summed E-state index contributed by atoms with van der Waals surface area (Å²) in [7, 11) is 0. The van der Waals surface area contributed by atoms with Gasteiger partial charge >= 0.3 is 5.97 Å². The number of carbonyl (C=O) groups is 2. The molecule has 1 amide bonds. The molecule has 0 radical (unpaired) electrons. The van der Waals surface area contributed by atoms with E-state index in [-0.39, 0.29) is 23.7 Å². The third-order valence-corrected chi connectivity index (χ3v) is 5.09. The van der Waals surface area contributed by atoms with E-state index in [0.29, 0.717) is 33.9 Å². The van der Waals surface area contributed by atoms with Gasteiger partial charge in [-0.2, -0.15) is 5.10 Å². The third kappa shape index (κ3) is 4.22. The van der Waals surface area contributed by atoms with Crippen LogP contribution in [0.15, 0.2) is 41.3 Å². The molecule has 0 saturated heterocycles. The Morgan fingerprint density at radius 2 is 2.07 bits per heavy atom. The first kappa shape index (κ1) is 18.8. The second-order valence-corrected chi connectivity index (χ2v) is 6.94. The minimum Gasteiger partial charge on any atom is -0.462 e. The first-order valence-electron chi connectivity index (χ1n) is 8.52. The van der Waals surface area contributed by atoms with E-state index >= 15 is 0 Å². The number of anilines is 1. The minimum absolute atomic E-state index is 0.146. The molecule has 0 aliphatic heterocycles. The number of nitrogens with zero attached hydrogens (tertiary/aromatic N) is 2. The number of benzene rings is 1. The van der Waals surface area contributed by atoms with Crippen LogP contribution in [-0.2, 0) is 16.1 Å². The molecule has 0 unspecified atom stereocenters. The summed E-state index contributed by atoms with van der Waals surface area (Å²) in [6.07, 6.45) is 1.44. The molecule has 2 aromatic heterocycles. The highest BCUT2D eigenvalue weighted by atomic mass is 32.1. The lowest BCUT2D eigenvalue weighted by molar-refractivity contribution is -0.116. The van der Waals surface area contributed by atoms with Crippen molar-refractivity contribution >= 4 is 39.1 Å². The summed E-state index contributed by atoms with van der Waals surface area (Å²) in [6, 6.07) is 8.91. The van der Waals surface area contributed by atoms with Crippen LogP contribution in [0.2, 0.25) is 0 Å². The van der Waals surface area contributed by atoms with Crippen molar-refractivity contribution in [1.29, 1.82) is 0 Å². The second kappa shape index (κ2) is 8.13. The predicted octanol–water partition coefficient (Wildman–Crippen LogP) is 2.97. The molecule has 0 bridgehead atoms. The molecule has 0 saturated carbocycles. The van der Waals surface area contributed by atoms with Crippen LogP contribution in [0.3, 0.4) is 0 Å². The number of ether oxygens (including phenoxy) is 1.